The largest absolute Gasteiger partial charge is 0.360 e. The molecule has 10 heteroatoms. The van der Waals surface area contributed by atoms with Crippen molar-refractivity contribution in [2.45, 2.75) is 6.92 Å². The number of carbonyl (C=O) groups is 2. The lowest BCUT2D eigenvalue weighted by Gasteiger charge is -2.06. The van der Waals surface area contributed by atoms with Gasteiger partial charge in [-0.2, -0.15) is 0 Å². The molecule has 0 saturated carbocycles. The van der Waals surface area contributed by atoms with E-state index in [4.69, 9.17) is 4.52 Å². The van der Waals surface area contributed by atoms with Gasteiger partial charge >= 0.3 is 0 Å². The lowest BCUT2D eigenvalue weighted by atomic mass is 10.2. The van der Waals surface area contributed by atoms with Crippen LogP contribution >= 0.6 is 0 Å². The number of anilines is 2. The molecule has 0 unspecified atom stereocenters. The third-order valence-corrected chi connectivity index (χ3v) is 4.04. The monoisotopic (exact) mass is 397 g/mol. The Balaban J connectivity index is 1.70. The van der Waals surface area contributed by atoms with Gasteiger partial charge in [0.1, 0.15) is 23.1 Å². The molecule has 0 aliphatic heterocycles. The van der Waals surface area contributed by atoms with Crippen molar-refractivity contribution in [2.75, 3.05) is 10.6 Å². The number of fused-ring (bicyclic) bond motifs is 1. The van der Waals surface area contributed by atoms with Crippen LogP contribution in [0.4, 0.5) is 20.3 Å². The van der Waals surface area contributed by atoms with E-state index in [-0.39, 0.29) is 22.9 Å². The van der Waals surface area contributed by atoms with Gasteiger partial charge in [-0.3, -0.25) is 14.0 Å². The molecule has 1 aromatic carbocycles. The molecular formula is C19H13F2N5O3. The number of nitrogens with zero attached hydrogens (tertiary/aromatic N) is 3. The molecule has 4 aromatic rings. The first-order chi connectivity index (χ1) is 13.9. The van der Waals surface area contributed by atoms with Crippen LogP contribution in [0.1, 0.15) is 26.9 Å². The van der Waals surface area contributed by atoms with E-state index in [2.05, 4.69) is 20.8 Å². The minimum absolute atomic E-state index is 0.111. The Morgan fingerprint density at radius 1 is 1.03 bits per heavy atom. The van der Waals surface area contributed by atoms with Gasteiger partial charge in [-0.15, -0.1) is 0 Å². The van der Waals surface area contributed by atoms with Gasteiger partial charge in [0.15, 0.2) is 11.5 Å². The summed E-state index contributed by atoms with van der Waals surface area (Å²) in [5, 5.41) is 8.35. The van der Waals surface area contributed by atoms with E-state index in [9.17, 15) is 18.4 Å². The quantitative estimate of drug-likeness (QED) is 0.550. The standard InChI is InChI=1S/C19H13F2N5O3/c1-10-9-14(25-29-10)22-19(28)17-23-16(13-7-2-3-8-26(13)17)18(27)24-15-11(20)5-4-6-12(15)21/h2-9H,1H3,(H,24,27)(H,22,25,28). The van der Waals surface area contributed by atoms with Crippen molar-refractivity contribution in [3.63, 3.8) is 0 Å². The fourth-order valence-electron chi connectivity index (χ4n) is 2.75. The first kappa shape index (κ1) is 18.3. The summed E-state index contributed by atoms with van der Waals surface area (Å²) in [4.78, 5) is 29.3. The van der Waals surface area contributed by atoms with Gasteiger partial charge in [0.2, 0.25) is 5.82 Å². The minimum Gasteiger partial charge on any atom is -0.360 e. The molecule has 2 N–H and O–H groups in total. The number of nitrogens with one attached hydrogen (secondary N) is 2. The Kier molecular flexibility index (Phi) is 4.51. The maximum absolute atomic E-state index is 13.9. The van der Waals surface area contributed by atoms with E-state index >= 15 is 0 Å². The number of imidazole rings is 1. The molecular weight excluding hydrogens is 384 g/mol. The second-order valence-electron chi connectivity index (χ2n) is 6.07. The van der Waals surface area contributed by atoms with Gasteiger partial charge in [-0.1, -0.05) is 17.3 Å². The van der Waals surface area contributed by atoms with Crippen LogP contribution in [0, 0.1) is 18.6 Å². The number of rotatable bonds is 4. The van der Waals surface area contributed by atoms with E-state index in [0.717, 1.165) is 12.1 Å². The summed E-state index contributed by atoms with van der Waals surface area (Å²) in [5.74, 6) is -2.80. The van der Waals surface area contributed by atoms with Crippen LogP contribution in [0.15, 0.2) is 53.2 Å². The molecule has 146 valence electrons. The van der Waals surface area contributed by atoms with Crippen molar-refractivity contribution < 1.29 is 22.9 Å². The summed E-state index contributed by atoms with van der Waals surface area (Å²) < 4.78 is 34.0. The molecule has 0 atom stereocenters. The Morgan fingerprint density at radius 2 is 1.79 bits per heavy atom. The highest BCUT2D eigenvalue weighted by Gasteiger charge is 2.23. The van der Waals surface area contributed by atoms with Crippen LogP contribution in [0.3, 0.4) is 0 Å². The number of aryl methyl sites for hydroxylation is 1. The Hall–Kier alpha value is -4.08. The van der Waals surface area contributed by atoms with Gasteiger partial charge in [-0.25, -0.2) is 13.8 Å². The lowest BCUT2D eigenvalue weighted by molar-refractivity contribution is 0.101. The van der Waals surface area contributed by atoms with E-state index in [1.165, 1.54) is 22.7 Å². The minimum atomic E-state index is -0.929. The summed E-state index contributed by atoms with van der Waals surface area (Å²) in [7, 11) is 0. The summed E-state index contributed by atoms with van der Waals surface area (Å²) >= 11 is 0. The molecule has 2 amide bonds. The summed E-state index contributed by atoms with van der Waals surface area (Å²) in [6, 6.07) is 9.56. The molecule has 0 aliphatic rings. The fourth-order valence-corrected chi connectivity index (χ4v) is 2.75. The molecule has 0 saturated heterocycles. The molecule has 0 radical (unpaired) electrons. The van der Waals surface area contributed by atoms with Crippen molar-refractivity contribution in [3.8, 4) is 0 Å². The van der Waals surface area contributed by atoms with Crippen LogP contribution in [0.2, 0.25) is 0 Å². The van der Waals surface area contributed by atoms with Crippen molar-refractivity contribution in [3.05, 3.63) is 77.6 Å². The average molecular weight is 397 g/mol. The highest BCUT2D eigenvalue weighted by molar-refractivity contribution is 6.10. The number of benzene rings is 1. The van der Waals surface area contributed by atoms with Crippen LogP contribution in [-0.2, 0) is 0 Å². The molecule has 3 heterocycles. The van der Waals surface area contributed by atoms with E-state index in [1.807, 2.05) is 0 Å². The maximum Gasteiger partial charge on any atom is 0.293 e. The maximum atomic E-state index is 13.9. The molecule has 0 spiro atoms. The molecule has 29 heavy (non-hydrogen) atoms. The van der Waals surface area contributed by atoms with Gasteiger partial charge in [-0.05, 0) is 31.2 Å². The third kappa shape index (κ3) is 3.43. The van der Waals surface area contributed by atoms with E-state index in [1.54, 1.807) is 25.1 Å². The Labute approximate surface area is 162 Å². The number of pyridine rings is 1. The molecule has 0 fully saturated rings. The van der Waals surface area contributed by atoms with Gasteiger partial charge < -0.3 is 15.2 Å². The van der Waals surface area contributed by atoms with Gasteiger partial charge in [0.05, 0.1) is 5.52 Å². The smallest absolute Gasteiger partial charge is 0.293 e. The summed E-state index contributed by atoms with van der Waals surface area (Å²) in [5.41, 5.74) is -0.489. The zero-order valence-electron chi connectivity index (χ0n) is 14.9. The van der Waals surface area contributed by atoms with Crippen LogP contribution in [-0.4, -0.2) is 26.4 Å². The molecule has 4 rings (SSSR count). The fraction of sp³-hybridized carbons (Fsp3) is 0.0526. The number of hydrogen-bond acceptors (Lipinski definition) is 5. The normalized spacial score (nSPS) is 10.9. The first-order valence-corrected chi connectivity index (χ1v) is 8.41. The lowest BCUT2D eigenvalue weighted by Crippen LogP contribution is -2.17. The third-order valence-electron chi connectivity index (χ3n) is 4.04. The summed E-state index contributed by atoms with van der Waals surface area (Å²) in [6.07, 6.45) is 1.53. The van der Waals surface area contributed by atoms with Crippen molar-refractivity contribution in [1.29, 1.82) is 0 Å². The summed E-state index contributed by atoms with van der Waals surface area (Å²) in [6.45, 7) is 1.66. The van der Waals surface area contributed by atoms with Gasteiger partial charge in [0, 0.05) is 12.3 Å². The Bertz CT molecular complexity index is 1230. The zero-order chi connectivity index (χ0) is 20.5. The number of para-hydroxylation sites is 1. The van der Waals surface area contributed by atoms with Crippen molar-refractivity contribution >= 4 is 28.8 Å². The van der Waals surface area contributed by atoms with E-state index in [0.29, 0.717) is 5.76 Å². The second-order valence-corrected chi connectivity index (χ2v) is 6.07. The number of hydrogen-bond donors (Lipinski definition) is 2. The highest BCUT2D eigenvalue weighted by Crippen LogP contribution is 2.21. The predicted molar refractivity (Wildman–Crippen MR) is 98.7 cm³/mol. The molecule has 8 nitrogen and oxygen atoms in total. The average Bonchev–Trinajstić information content (AvgIpc) is 3.28. The first-order valence-electron chi connectivity index (χ1n) is 8.41. The number of aromatic nitrogens is 3. The second kappa shape index (κ2) is 7.15. The molecule has 0 bridgehead atoms. The number of halogens is 2. The number of carbonyl (C=O) groups excluding carboxylic acids is 2. The van der Waals surface area contributed by atoms with E-state index < -0.39 is 29.1 Å². The predicted octanol–water partition coefficient (Wildman–Crippen LogP) is 3.41. The topological polar surface area (TPSA) is 102 Å². The van der Waals surface area contributed by atoms with Crippen LogP contribution in [0.25, 0.3) is 5.52 Å². The number of amides is 2. The molecule has 3 aromatic heterocycles. The Morgan fingerprint density at radius 3 is 2.48 bits per heavy atom. The van der Waals surface area contributed by atoms with Crippen molar-refractivity contribution in [2.24, 2.45) is 0 Å². The van der Waals surface area contributed by atoms with Crippen molar-refractivity contribution in [1.82, 2.24) is 14.5 Å². The SMILES string of the molecule is Cc1cc(NC(=O)c2nc(C(=O)Nc3c(F)cccc3F)c3ccccn23)no1. The highest BCUT2D eigenvalue weighted by atomic mass is 19.1. The van der Waals surface area contributed by atoms with Gasteiger partial charge in [0.25, 0.3) is 11.8 Å². The zero-order valence-corrected chi connectivity index (χ0v) is 14.9. The molecule has 0 aliphatic carbocycles. The van der Waals surface area contributed by atoms with Crippen LogP contribution in [0.5, 0.6) is 0 Å². The van der Waals surface area contributed by atoms with Crippen LogP contribution < -0.4 is 10.6 Å².